The number of carbonyl (C=O) groups is 1. The van der Waals surface area contributed by atoms with Gasteiger partial charge in [0.2, 0.25) is 11.7 Å². The number of aromatic nitrogens is 2. The van der Waals surface area contributed by atoms with Gasteiger partial charge in [-0.05, 0) is 36.4 Å². The maximum absolute atomic E-state index is 12.9. The Balaban J connectivity index is 1.52. The molecule has 1 aliphatic rings. The van der Waals surface area contributed by atoms with E-state index in [1.165, 1.54) is 0 Å². The van der Waals surface area contributed by atoms with Gasteiger partial charge in [-0.25, -0.2) is 0 Å². The fraction of sp³-hybridized carbons (Fsp3) is 0.316. The molecule has 4 rings (SSSR count). The number of methoxy groups -OCH3 is 1. The summed E-state index contributed by atoms with van der Waals surface area (Å²) in [5.41, 5.74) is 0.584. The van der Waals surface area contributed by atoms with E-state index in [1.807, 2.05) is 34.5 Å². The molecule has 0 spiro atoms. The lowest BCUT2D eigenvalue weighted by Gasteiger charge is -2.31. The third-order valence-electron chi connectivity index (χ3n) is 4.58. The molecule has 6 nitrogen and oxygen atoms in total. The maximum atomic E-state index is 12.9. The first-order chi connectivity index (χ1) is 12.8. The van der Waals surface area contributed by atoms with Crippen LogP contribution in [0.5, 0.6) is 5.75 Å². The van der Waals surface area contributed by atoms with Crippen molar-refractivity contribution in [1.29, 1.82) is 0 Å². The Hall–Kier alpha value is -2.67. The molecule has 1 aliphatic heterocycles. The van der Waals surface area contributed by atoms with Gasteiger partial charge in [-0.15, -0.1) is 11.3 Å². The third-order valence-corrected chi connectivity index (χ3v) is 5.44. The molecule has 1 atom stereocenters. The largest absolute Gasteiger partial charge is 0.496 e. The Kier molecular flexibility index (Phi) is 4.71. The van der Waals surface area contributed by atoms with Crippen molar-refractivity contribution in [3.63, 3.8) is 0 Å². The Labute approximate surface area is 155 Å². The number of rotatable bonds is 4. The molecule has 1 aromatic carbocycles. The molecule has 1 amide bonds. The summed E-state index contributed by atoms with van der Waals surface area (Å²) in [4.78, 5) is 20.3. The van der Waals surface area contributed by atoms with Crippen molar-refractivity contribution >= 4 is 17.2 Å². The quantitative estimate of drug-likeness (QED) is 0.699. The summed E-state index contributed by atoms with van der Waals surface area (Å²) in [6.07, 6.45) is 1.84. The minimum atomic E-state index is -0.0230. The van der Waals surface area contributed by atoms with Gasteiger partial charge in [-0.1, -0.05) is 23.4 Å². The summed E-state index contributed by atoms with van der Waals surface area (Å²) in [6.45, 7) is 1.29. The number of amides is 1. The molecule has 26 heavy (non-hydrogen) atoms. The van der Waals surface area contributed by atoms with Crippen molar-refractivity contribution in [2.45, 2.75) is 18.8 Å². The number of hydrogen-bond donors (Lipinski definition) is 0. The minimum absolute atomic E-state index is 0.0230. The van der Waals surface area contributed by atoms with E-state index in [9.17, 15) is 4.79 Å². The van der Waals surface area contributed by atoms with Gasteiger partial charge in [0.25, 0.3) is 5.91 Å². The SMILES string of the molecule is COc1ccccc1C(=O)N1CCCC(c2nc(-c3cccs3)no2)C1. The van der Waals surface area contributed by atoms with Crippen molar-refractivity contribution in [2.75, 3.05) is 20.2 Å². The van der Waals surface area contributed by atoms with E-state index in [1.54, 1.807) is 30.6 Å². The summed E-state index contributed by atoms with van der Waals surface area (Å²) in [6, 6.07) is 11.2. The Morgan fingerprint density at radius 2 is 2.19 bits per heavy atom. The van der Waals surface area contributed by atoms with Crippen LogP contribution in [0, 0.1) is 0 Å². The smallest absolute Gasteiger partial charge is 0.257 e. The second-order valence-electron chi connectivity index (χ2n) is 6.22. The lowest BCUT2D eigenvalue weighted by Crippen LogP contribution is -2.39. The van der Waals surface area contributed by atoms with Gasteiger partial charge in [-0.3, -0.25) is 4.79 Å². The molecular weight excluding hydrogens is 350 g/mol. The van der Waals surface area contributed by atoms with Crippen LogP contribution >= 0.6 is 11.3 Å². The predicted molar refractivity (Wildman–Crippen MR) is 98.5 cm³/mol. The van der Waals surface area contributed by atoms with Crippen LogP contribution in [0.2, 0.25) is 0 Å². The van der Waals surface area contributed by atoms with Crippen LogP contribution in [0.1, 0.15) is 35.0 Å². The van der Waals surface area contributed by atoms with Crippen LogP contribution in [0.4, 0.5) is 0 Å². The standard InChI is InChI=1S/C19H19N3O3S/c1-24-15-8-3-2-7-14(15)19(23)22-10-4-6-13(12-22)18-20-17(21-25-18)16-9-5-11-26-16/h2-3,5,7-9,11,13H,4,6,10,12H2,1H3. The fourth-order valence-corrected chi connectivity index (χ4v) is 3.91. The summed E-state index contributed by atoms with van der Waals surface area (Å²) in [5.74, 6) is 1.85. The topological polar surface area (TPSA) is 68.5 Å². The van der Waals surface area contributed by atoms with Crippen LogP contribution in [0.15, 0.2) is 46.3 Å². The Morgan fingerprint density at radius 3 is 3.00 bits per heavy atom. The lowest BCUT2D eigenvalue weighted by molar-refractivity contribution is 0.0692. The molecule has 3 aromatic rings. The highest BCUT2D eigenvalue weighted by molar-refractivity contribution is 7.13. The maximum Gasteiger partial charge on any atom is 0.257 e. The van der Waals surface area contributed by atoms with Gasteiger partial charge in [0.05, 0.1) is 23.5 Å². The van der Waals surface area contributed by atoms with E-state index in [4.69, 9.17) is 9.26 Å². The third kappa shape index (κ3) is 3.22. The highest BCUT2D eigenvalue weighted by atomic mass is 32.1. The summed E-state index contributed by atoms with van der Waals surface area (Å²) in [7, 11) is 1.58. The van der Waals surface area contributed by atoms with Gasteiger partial charge in [0, 0.05) is 13.1 Å². The van der Waals surface area contributed by atoms with E-state index in [2.05, 4.69) is 10.1 Å². The lowest BCUT2D eigenvalue weighted by atomic mass is 9.97. The van der Waals surface area contributed by atoms with E-state index in [0.717, 1.165) is 24.3 Å². The molecular formula is C19H19N3O3S. The van der Waals surface area contributed by atoms with E-state index in [-0.39, 0.29) is 11.8 Å². The molecule has 1 saturated heterocycles. The van der Waals surface area contributed by atoms with Crippen LogP contribution in [-0.2, 0) is 0 Å². The molecule has 0 saturated carbocycles. The summed E-state index contributed by atoms with van der Waals surface area (Å²) in [5, 5.41) is 6.08. The average molecular weight is 369 g/mol. The molecule has 1 fully saturated rings. The van der Waals surface area contributed by atoms with Crippen LogP contribution in [-0.4, -0.2) is 41.1 Å². The van der Waals surface area contributed by atoms with Gasteiger partial charge in [0.1, 0.15) is 5.75 Å². The van der Waals surface area contributed by atoms with Gasteiger partial charge in [0.15, 0.2) is 0 Å². The zero-order valence-corrected chi connectivity index (χ0v) is 15.2. The molecule has 0 radical (unpaired) electrons. The van der Waals surface area contributed by atoms with Crippen LogP contribution in [0.25, 0.3) is 10.7 Å². The minimum Gasteiger partial charge on any atom is -0.496 e. The zero-order valence-electron chi connectivity index (χ0n) is 14.4. The molecule has 0 bridgehead atoms. The van der Waals surface area contributed by atoms with E-state index in [0.29, 0.717) is 29.6 Å². The summed E-state index contributed by atoms with van der Waals surface area (Å²) < 4.78 is 10.8. The molecule has 134 valence electrons. The van der Waals surface area contributed by atoms with Crippen molar-refractivity contribution in [3.05, 3.63) is 53.2 Å². The van der Waals surface area contributed by atoms with Crippen molar-refractivity contribution in [1.82, 2.24) is 15.0 Å². The number of nitrogens with zero attached hydrogens (tertiary/aromatic N) is 3. The number of carbonyl (C=O) groups excluding carboxylic acids is 1. The first-order valence-corrected chi connectivity index (χ1v) is 9.44. The molecule has 0 N–H and O–H groups in total. The van der Waals surface area contributed by atoms with E-state index >= 15 is 0 Å². The fourth-order valence-electron chi connectivity index (χ4n) is 3.26. The Morgan fingerprint density at radius 1 is 1.31 bits per heavy atom. The molecule has 1 unspecified atom stereocenters. The predicted octanol–water partition coefficient (Wildman–Crippen LogP) is 3.83. The number of benzene rings is 1. The highest BCUT2D eigenvalue weighted by Gasteiger charge is 2.30. The number of thiophene rings is 1. The van der Waals surface area contributed by atoms with E-state index < -0.39 is 0 Å². The van der Waals surface area contributed by atoms with Crippen LogP contribution < -0.4 is 4.74 Å². The Bertz CT molecular complexity index is 891. The second kappa shape index (κ2) is 7.29. The van der Waals surface area contributed by atoms with Gasteiger partial charge < -0.3 is 14.2 Å². The normalized spacial score (nSPS) is 17.3. The van der Waals surface area contributed by atoms with Crippen molar-refractivity contribution < 1.29 is 14.1 Å². The monoisotopic (exact) mass is 369 g/mol. The molecule has 2 aromatic heterocycles. The number of likely N-dealkylation sites (tertiary alicyclic amines) is 1. The first-order valence-electron chi connectivity index (χ1n) is 8.56. The molecule has 0 aliphatic carbocycles. The van der Waals surface area contributed by atoms with Crippen LogP contribution in [0.3, 0.4) is 0 Å². The van der Waals surface area contributed by atoms with Gasteiger partial charge in [-0.2, -0.15) is 4.98 Å². The van der Waals surface area contributed by atoms with Crippen molar-refractivity contribution in [3.8, 4) is 16.5 Å². The average Bonchev–Trinajstić information content (AvgIpc) is 3.39. The number of ether oxygens (including phenoxy) is 1. The highest BCUT2D eigenvalue weighted by Crippen LogP contribution is 2.30. The second-order valence-corrected chi connectivity index (χ2v) is 7.17. The number of hydrogen-bond acceptors (Lipinski definition) is 6. The van der Waals surface area contributed by atoms with Crippen molar-refractivity contribution in [2.24, 2.45) is 0 Å². The number of piperidine rings is 1. The van der Waals surface area contributed by atoms with Gasteiger partial charge >= 0.3 is 0 Å². The zero-order chi connectivity index (χ0) is 17.9. The molecule has 3 heterocycles. The number of para-hydroxylation sites is 1. The summed E-state index contributed by atoms with van der Waals surface area (Å²) >= 11 is 1.58. The first kappa shape index (κ1) is 16.8. The molecule has 7 heteroatoms.